The van der Waals surface area contributed by atoms with Crippen LogP contribution in [0.25, 0.3) is 11.0 Å². The first-order chi connectivity index (χ1) is 12.0. The van der Waals surface area contributed by atoms with Gasteiger partial charge in [0.05, 0.1) is 17.5 Å². The van der Waals surface area contributed by atoms with Crippen LogP contribution in [0.3, 0.4) is 0 Å². The summed E-state index contributed by atoms with van der Waals surface area (Å²) in [4.78, 5) is 40.0. The van der Waals surface area contributed by atoms with Gasteiger partial charge in [0.15, 0.2) is 0 Å². The Kier molecular flexibility index (Phi) is 4.92. The summed E-state index contributed by atoms with van der Waals surface area (Å²) in [5, 5.41) is 8.81. The molecule has 0 bridgehead atoms. The van der Waals surface area contributed by atoms with Gasteiger partial charge in [-0.1, -0.05) is 12.8 Å². The summed E-state index contributed by atoms with van der Waals surface area (Å²) in [6, 6.07) is 5.44. The van der Waals surface area contributed by atoms with Crippen molar-refractivity contribution >= 4 is 22.9 Å². The van der Waals surface area contributed by atoms with Gasteiger partial charge in [-0.2, -0.15) is 0 Å². The first kappa shape index (κ1) is 17.3. The quantitative estimate of drug-likeness (QED) is 0.840. The Hall–Kier alpha value is -2.57. The van der Waals surface area contributed by atoms with E-state index in [9.17, 15) is 14.4 Å². The molecule has 0 spiro atoms. The molecule has 1 aliphatic rings. The van der Waals surface area contributed by atoms with Gasteiger partial charge in [0.2, 0.25) is 0 Å². The van der Waals surface area contributed by atoms with Crippen molar-refractivity contribution in [2.75, 3.05) is 13.1 Å². The maximum atomic E-state index is 12.6. The molecule has 1 heterocycles. The number of amides is 1. The fraction of sp³-hybridized carbons (Fsp3) is 0.500. The largest absolute Gasteiger partial charge is 0.481 e. The van der Waals surface area contributed by atoms with E-state index in [1.54, 1.807) is 16.7 Å². The van der Waals surface area contributed by atoms with E-state index in [4.69, 9.17) is 5.11 Å². The summed E-state index contributed by atoms with van der Waals surface area (Å²) in [6.45, 7) is 2.42. The average Bonchev–Trinajstić information content (AvgIpc) is 3.20. The zero-order valence-electron chi connectivity index (χ0n) is 14.3. The van der Waals surface area contributed by atoms with Gasteiger partial charge >= 0.3 is 11.7 Å². The molecule has 0 aliphatic heterocycles. The predicted molar refractivity (Wildman–Crippen MR) is 93.9 cm³/mol. The van der Waals surface area contributed by atoms with Gasteiger partial charge in [0.1, 0.15) is 0 Å². The number of aliphatic carboxylic acids is 1. The first-order valence-corrected chi connectivity index (χ1v) is 8.76. The number of nitrogens with zero attached hydrogens (tertiary/aromatic N) is 2. The molecule has 7 heteroatoms. The normalized spacial score (nSPS) is 14.9. The van der Waals surface area contributed by atoms with Crippen molar-refractivity contribution in [3.63, 3.8) is 0 Å². The molecule has 1 saturated carbocycles. The summed E-state index contributed by atoms with van der Waals surface area (Å²) in [5.41, 5.74) is 1.79. The molecule has 1 aromatic carbocycles. The molecule has 0 radical (unpaired) electrons. The van der Waals surface area contributed by atoms with E-state index in [0.29, 0.717) is 17.6 Å². The highest BCUT2D eigenvalue weighted by atomic mass is 16.4. The number of fused-ring (bicyclic) bond motifs is 1. The lowest BCUT2D eigenvalue weighted by Crippen LogP contribution is -2.32. The minimum absolute atomic E-state index is 0.0866. The van der Waals surface area contributed by atoms with Crippen molar-refractivity contribution in [1.82, 2.24) is 14.5 Å². The lowest BCUT2D eigenvalue weighted by Gasteiger charge is -2.20. The molecular formula is C18H23N3O4. The number of carboxylic acids is 1. The van der Waals surface area contributed by atoms with Crippen LogP contribution in [0.2, 0.25) is 0 Å². The molecule has 25 heavy (non-hydrogen) atoms. The third kappa shape index (κ3) is 3.45. The lowest BCUT2D eigenvalue weighted by molar-refractivity contribution is -0.137. The van der Waals surface area contributed by atoms with E-state index < -0.39 is 5.97 Å². The van der Waals surface area contributed by atoms with Gasteiger partial charge in [-0.25, -0.2) is 4.79 Å². The third-order valence-electron chi connectivity index (χ3n) is 4.92. The zero-order valence-corrected chi connectivity index (χ0v) is 14.3. The molecule has 134 valence electrons. The second-order valence-corrected chi connectivity index (χ2v) is 6.50. The first-order valence-electron chi connectivity index (χ1n) is 8.76. The fourth-order valence-electron chi connectivity index (χ4n) is 3.61. The van der Waals surface area contributed by atoms with Crippen LogP contribution in [0.5, 0.6) is 0 Å². The van der Waals surface area contributed by atoms with E-state index in [1.165, 1.54) is 4.90 Å². The zero-order chi connectivity index (χ0) is 18.0. The van der Waals surface area contributed by atoms with Crippen LogP contribution in [0.1, 0.15) is 55.4 Å². The Morgan fingerprint density at radius 1 is 1.32 bits per heavy atom. The number of aromatic amines is 1. The molecule has 1 aromatic heterocycles. The minimum Gasteiger partial charge on any atom is -0.481 e. The van der Waals surface area contributed by atoms with Crippen LogP contribution in [-0.2, 0) is 4.79 Å². The van der Waals surface area contributed by atoms with Gasteiger partial charge in [0.25, 0.3) is 5.91 Å². The van der Waals surface area contributed by atoms with Crippen LogP contribution in [0, 0.1) is 0 Å². The maximum Gasteiger partial charge on any atom is 0.326 e. The number of aromatic nitrogens is 2. The summed E-state index contributed by atoms with van der Waals surface area (Å²) in [5.74, 6) is -1.15. The van der Waals surface area contributed by atoms with Gasteiger partial charge in [-0.05, 0) is 38.0 Å². The van der Waals surface area contributed by atoms with Crippen molar-refractivity contribution in [3.8, 4) is 0 Å². The van der Waals surface area contributed by atoms with E-state index >= 15 is 0 Å². The Morgan fingerprint density at radius 3 is 2.68 bits per heavy atom. The smallest absolute Gasteiger partial charge is 0.326 e. The Balaban J connectivity index is 1.89. The van der Waals surface area contributed by atoms with Gasteiger partial charge < -0.3 is 15.0 Å². The van der Waals surface area contributed by atoms with Crippen LogP contribution in [0.15, 0.2) is 23.0 Å². The summed E-state index contributed by atoms with van der Waals surface area (Å²) in [6.07, 6.45) is 4.19. The summed E-state index contributed by atoms with van der Waals surface area (Å²) >= 11 is 0. The second-order valence-electron chi connectivity index (χ2n) is 6.50. The highest BCUT2D eigenvalue weighted by Crippen LogP contribution is 2.30. The molecule has 2 N–H and O–H groups in total. The van der Waals surface area contributed by atoms with Crippen molar-refractivity contribution in [1.29, 1.82) is 0 Å². The SMILES string of the molecule is CCN(CCC(=O)O)C(=O)c1ccc2c(c1)[nH]c(=O)n2C1CCCC1. The molecule has 3 rings (SSSR count). The molecule has 0 unspecified atom stereocenters. The minimum atomic E-state index is -0.931. The lowest BCUT2D eigenvalue weighted by atomic mass is 10.1. The van der Waals surface area contributed by atoms with Crippen molar-refractivity contribution < 1.29 is 14.7 Å². The predicted octanol–water partition coefficient (Wildman–Crippen LogP) is 2.38. The number of carbonyl (C=O) groups excluding carboxylic acids is 1. The van der Waals surface area contributed by atoms with Gasteiger partial charge in [-0.15, -0.1) is 0 Å². The van der Waals surface area contributed by atoms with Crippen LogP contribution in [-0.4, -0.2) is 44.5 Å². The summed E-state index contributed by atoms with van der Waals surface area (Å²) in [7, 11) is 0. The topological polar surface area (TPSA) is 95.4 Å². The number of imidazole rings is 1. The number of hydrogen-bond acceptors (Lipinski definition) is 3. The second kappa shape index (κ2) is 7.13. The number of benzene rings is 1. The van der Waals surface area contributed by atoms with Gasteiger partial charge in [0, 0.05) is 24.7 Å². The van der Waals surface area contributed by atoms with Crippen molar-refractivity contribution in [3.05, 3.63) is 34.2 Å². The Morgan fingerprint density at radius 2 is 2.04 bits per heavy atom. The highest BCUT2D eigenvalue weighted by Gasteiger charge is 2.22. The number of hydrogen-bond donors (Lipinski definition) is 2. The van der Waals surface area contributed by atoms with Crippen LogP contribution < -0.4 is 5.69 Å². The number of nitrogens with one attached hydrogen (secondary N) is 1. The molecule has 0 atom stereocenters. The third-order valence-corrected chi connectivity index (χ3v) is 4.92. The van der Waals surface area contributed by atoms with Crippen LogP contribution >= 0.6 is 0 Å². The molecule has 2 aromatic rings. The maximum absolute atomic E-state index is 12.6. The highest BCUT2D eigenvalue weighted by molar-refractivity contribution is 5.97. The number of rotatable bonds is 6. The molecule has 0 saturated heterocycles. The number of carboxylic acid groups (broad SMARTS) is 1. The number of carbonyl (C=O) groups is 2. The monoisotopic (exact) mass is 345 g/mol. The molecule has 7 nitrogen and oxygen atoms in total. The van der Waals surface area contributed by atoms with Crippen molar-refractivity contribution in [2.24, 2.45) is 0 Å². The molecule has 1 fully saturated rings. The van der Waals surface area contributed by atoms with E-state index in [-0.39, 0.29) is 30.6 Å². The van der Waals surface area contributed by atoms with Gasteiger partial charge in [-0.3, -0.25) is 14.2 Å². The van der Waals surface area contributed by atoms with E-state index in [0.717, 1.165) is 31.2 Å². The summed E-state index contributed by atoms with van der Waals surface area (Å²) < 4.78 is 1.80. The Bertz CT molecular complexity index is 846. The van der Waals surface area contributed by atoms with Crippen LogP contribution in [0.4, 0.5) is 0 Å². The number of H-pyrrole nitrogens is 1. The molecular weight excluding hydrogens is 322 g/mol. The molecule has 1 amide bonds. The average molecular weight is 345 g/mol. The molecule has 1 aliphatic carbocycles. The van der Waals surface area contributed by atoms with Crippen molar-refractivity contribution in [2.45, 2.75) is 45.1 Å². The van der Waals surface area contributed by atoms with E-state index in [1.807, 2.05) is 13.0 Å². The standard InChI is InChI=1S/C18H23N3O4/c1-2-20(10-9-16(22)23)17(24)12-7-8-15-14(11-12)19-18(25)21(15)13-5-3-4-6-13/h7-8,11,13H,2-6,9-10H2,1H3,(H,19,25)(H,22,23). The fourth-order valence-corrected chi connectivity index (χ4v) is 3.61. The van der Waals surface area contributed by atoms with E-state index in [2.05, 4.69) is 4.98 Å². The Labute approximate surface area is 145 Å².